The minimum absolute atomic E-state index is 0.120. The minimum atomic E-state index is -0.333. The van der Waals surface area contributed by atoms with Crippen molar-refractivity contribution in [1.82, 2.24) is 9.80 Å². The van der Waals surface area contributed by atoms with Crippen LogP contribution < -0.4 is 5.32 Å². The van der Waals surface area contributed by atoms with E-state index in [0.717, 1.165) is 12.8 Å². The van der Waals surface area contributed by atoms with E-state index >= 15 is 0 Å². The molecule has 2 N–H and O–H groups in total. The number of imide groups is 1. The molecule has 1 heterocycles. The van der Waals surface area contributed by atoms with Crippen molar-refractivity contribution in [3.63, 3.8) is 0 Å². The predicted octanol–water partition coefficient (Wildman–Crippen LogP) is 1.45. The highest BCUT2D eigenvalue weighted by atomic mass is 16.3. The maximum Gasteiger partial charge on any atom is 0.277 e. The topological polar surface area (TPSA) is 90.0 Å². The van der Waals surface area contributed by atoms with Crippen LogP contribution in [0, 0.1) is 0 Å². The minimum Gasteiger partial charge on any atom is -0.395 e. The third kappa shape index (κ3) is 4.11. The van der Waals surface area contributed by atoms with Gasteiger partial charge < -0.3 is 15.3 Å². The summed E-state index contributed by atoms with van der Waals surface area (Å²) in [5, 5.41) is 11.9. The van der Waals surface area contributed by atoms with Gasteiger partial charge in [-0.05, 0) is 24.1 Å². The Bertz CT molecular complexity index is 725. The molecule has 0 bridgehead atoms. The summed E-state index contributed by atoms with van der Waals surface area (Å²) < 4.78 is 0. The van der Waals surface area contributed by atoms with E-state index in [1.165, 1.54) is 11.8 Å². The summed E-state index contributed by atoms with van der Waals surface area (Å²) in [7, 11) is 1.69. The maximum atomic E-state index is 12.9. The summed E-state index contributed by atoms with van der Waals surface area (Å²) in [5.74, 6) is -0.839. The Hall–Kier alpha value is -2.67. The normalized spacial score (nSPS) is 14.2. The lowest BCUT2D eigenvalue weighted by Crippen LogP contribution is -2.35. The lowest BCUT2D eigenvalue weighted by atomic mass is 10.0. The number of rotatable bonds is 8. The average molecular weight is 359 g/mol. The molecule has 1 aromatic carbocycles. The number of carbonyl (C=O) groups excluding carboxylic acids is 3. The van der Waals surface area contributed by atoms with Crippen LogP contribution in [0.3, 0.4) is 0 Å². The van der Waals surface area contributed by atoms with E-state index in [2.05, 4.69) is 5.32 Å². The smallest absolute Gasteiger partial charge is 0.277 e. The highest BCUT2D eigenvalue weighted by molar-refractivity contribution is 6.35. The molecule has 0 atom stereocenters. The zero-order valence-electron chi connectivity index (χ0n) is 15.4. The van der Waals surface area contributed by atoms with Gasteiger partial charge in [0.1, 0.15) is 5.70 Å². The molecule has 26 heavy (non-hydrogen) atoms. The first-order valence-corrected chi connectivity index (χ1v) is 8.71. The van der Waals surface area contributed by atoms with E-state index in [9.17, 15) is 19.5 Å². The van der Waals surface area contributed by atoms with Crippen LogP contribution >= 0.6 is 0 Å². The molecule has 140 valence electrons. The molecule has 1 aliphatic heterocycles. The second-order valence-electron chi connectivity index (χ2n) is 6.24. The molecular formula is C19H25N3O4. The van der Waals surface area contributed by atoms with Crippen molar-refractivity contribution >= 4 is 29.0 Å². The van der Waals surface area contributed by atoms with Gasteiger partial charge in [0.25, 0.3) is 11.8 Å². The molecule has 0 aromatic heterocycles. The summed E-state index contributed by atoms with van der Waals surface area (Å²) in [6, 6.07) is 6.81. The quantitative estimate of drug-likeness (QED) is 0.686. The molecule has 0 radical (unpaired) electrons. The van der Waals surface area contributed by atoms with E-state index in [4.69, 9.17) is 0 Å². The summed E-state index contributed by atoms with van der Waals surface area (Å²) in [6.45, 7) is 3.93. The highest BCUT2D eigenvalue weighted by Gasteiger charge is 2.40. The van der Waals surface area contributed by atoms with E-state index in [1.807, 2.05) is 6.92 Å². The van der Waals surface area contributed by atoms with Gasteiger partial charge in [-0.25, -0.2) is 0 Å². The van der Waals surface area contributed by atoms with Crippen LogP contribution in [0.25, 0.3) is 5.57 Å². The molecule has 2 rings (SSSR count). The van der Waals surface area contributed by atoms with Crippen LogP contribution in [0.4, 0.5) is 5.69 Å². The molecule has 0 aliphatic carbocycles. The van der Waals surface area contributed by atoms with Gasteiger partial charge in [-0.2, -0.15) is 0 Å². The summed E-state index contributed by atoms with van der Waals surface area (Å²) in [6.07, 6.45) is 1.61. The summed E-state index contributed by atoms with van der Waals surface area (Å²) in [4.78, 5) is 39.7. The number of aliphatic hydroxyl groups is 1. The first kappa shape index (κ1) is 19.7. The SMILES string of the molecule is CCCCN1C(=O)C(c2ccc(NC(C)=O)cc2)=C(N(C)CCO)C1=O. The van der Waals surface area contributed by atoms with Gasteiger partial charge in [0.2, 0.25) is 5.91 Å². The van der Waals surface area contributed by atoms with E-state index in [0.29, 0.717) is 29.1 Å². The van der Waals surface area contributed by atoms with Crippen LogP contribution in [0.2, 0.25) is 0 Å². The lowest BCUT2D eigenvalue weighted by molar-refractivity contribution is -0.137. The number of benzene rings is 1. The van der Waals surface area contributed by atoms with Crippen molar-refractivity contribution in [3.05, 3.63) is 35.5 Å². The van der Waals surface area contributed by atoms with Gasteiger partial charge in [-0.3, -0.25) is 19.3 Å². The summed E-state index contributed by atoms with van der Waals surface area (Å²) >= 11 is 0. The molecule has 0 saturated heterocycles. The zero-order chi connectivity index (χ0) is 19.3. The molecule has 7 heteroatoms. The van der Waals surface area contributed by atoms with Gasteiger partial charge in [0.15, 0.2) is 0 Å². The van der Waals surface area contributed by atoms with Crippen LogP contribution in [0.1, 0.15) is 32.3 Å². The van der Waals surface area contributed by atoms with E-state index in [1.54, 1.807) is 36.2 Å². The fourth-order valence-electron chi connectivity index (χ4n) is 2.88. The van der Waals surface area contributed by atoms with Gasteiger partial charge in [0.05, 0.1) is 12.2 Å². The molecule has 1 aromatic rings. The fourth-order valence-corrected chi connectivity index (χ4v) is 2.88. The molecule has 0 unspecified atom stereocenters. The van der Waals surface area contributed by atoms with Crippen LogP contribution in [-0.2, 0) is 14.4 Å². The Morgan fingerprint density at radius 2 is 1.85 bits per heavy atom. The number of hydrogen-bond acceptors (Lipinski definition) is 5. The van der Waals surface area contributed by atoms with Crippen molar-refractivity contribution < 1.29 is 19.5 Å². The second kappa shape index (κ2) is 8.62. The van der Waals surface area contributed by atoms with Gasteiger partial charge in [-0.15, -0.1) is 0 Å². The number of anilines is 1. The highest BCUT2D eigenvalue weighted by Crippen LogP contribution is 2.31. The number of likely N-dealkylation sites (N-methyl/N-ethyl adjacent to an activating group) is 1. The molecule has 0 spiro atoms. The largest absolute Gasteiger partial charge is 0.395 e. The number of nitrogens with one attached hydrogen (secondary N) is 1. The van der Waals surface area contributed by atoms with Crippen LogP contribution in [-0.4, -0.2) is 59.4 Å². The van der Waals surface area contributed by atoms with Crippen molar-refractivity contribution in [2.75, 3.05) is 32.1 Å². The molecule has 1 aliphatic rings. The first-order valence-electron chi connectivity index (χ1n) is 8.71. The maximum absolute atomic E-state index is 12.9. The number of hydrogen-bond donors (Lipinski definition) is 2. The Balaban J connectivity index is 2.42. The molecule has 3 amide bonds. The molecule has 7 nitrogen and oxygen atoms in total. The molecule has 0 fully saturated rings. The summed E-state index contributed by atoms with van der Waals surface area (Å²) in [5.41, 5.74) is 1.85. The monoisotopic (exact) mass is 359 g/mol. The standard InChI is InChI=1S/C19H25N3O4/c1-4-5-10-22-18(25)16(17(19(22)26)21(3)11-12-23)14-6-8-15(9-7-14)20-13(2)24/h6-9,23H,4-5,10-12H2,1-3H3,(H,20,24). The Morgan fingerprint density at radius 3 is 2.38 bits per heavy atom. The van der Waals surface area contributed by atoms with Crippen LogP contribution in [0.15, 0.2) is 30.0 Å². The van der Waals surface area contributed by atoms with Gasteiger partial charge in [-0.1, -0.05) is 25.5 Å². The third-order valence-corrected chi connectivity index (χ3v) is 4.19. The first-order chi connectivity index (χ1) is 12.4. The van der Waals surface area contributed by atoms with Gasteiger partial charge >= 0.3 is 0 Å². The van der Waals surface area contributed by atoms with Crippen molar-refractivity contribution in [3.8, 4) is 0 Å². The predicted molar refractivity (Wildman–Crippen MR) is 99.0 cm³/mol. The van der Waals surface area contributed by atoms with Crippen molar-refractivity contribution in [2.45, 2.75) is 26.7 Å². The lowest BCUT2D eigenvalue weighted by Gasteiger charge is -2.20. The Kier molecular flexibility index (Phi) is 6.52. The number of amides is 3. The van der Waals surface area contributed by atoms with Crippen molar-refractivity contribution in [1.29, 1.82) is 0 Å². The third-order valence-electron chi connectivity index (χ3n) is 4.19. The average Bonchev–Trinajstić information content (AvgIpc) is 2.84. The van der Waals surface area contributed by atoms with E-state index in [-0.39, 0.29) is 30.9 Å². The zero-order valence-corrected chi connectivity index (χ0v) is 15.4. The van der Waals surface area contributed by atoms with Crippen LogP contribution in [0.5, 0.6) is 0 Å². The van der Waals surface area contributed by atoms with Crippen molar-refractivity contribution in [2.24, 2.45) is 0 Å². The number of nitrogens with zero attached hydrogens (tertiary/aromatic N) is 2. The number of aliphatic hydroxyl groups excluding tert-OH is 1. The van der Waals surface area contributed by atoms with E-state index < -0.39 is 0 Å². The number of unbranched alkanes of at least 4 members (excludes halogenated alkanes) is 1. The second-order valence-corrected chi connectivity index (χ2v) is 6.24. The number of carbonyl (C=O) groups is 3. The Labute approximate surface area is 153 Å². The fraction of sp³-hybridized carbons (Fsp3) is 0.421. The molecular weight excluding hydrogens is 334 g/mol. The van der Waals surface area contributed by atoms with Gasteiger partial charge in [0, 0.05) is 32.7 Å². The Morgan fingerprint density at radius 1 is 1.19 bits per heavy atom. The molecule has 0 saturated carbocycles.